The predicted octanol–water partition coefficient (Wildman–Crippen LogP) is 4.97. The van der Waals surface area contributed by atoms with Gasteiger partial charge >= 0.3 is 259 Å². The van der Waals surface area contributed by atoms with Crippen LogP contribution in [0.1, 0.15) is 18.4 Å². The van der Waals surface area contributed by atoms with Crippen molar-refractivity contribution in [1.82, 2.24) is 0 Å². The zero-order valence-corrected chi connectivity index (χ0v) is 46.9. The van der Waals surface area contributed by atoms with E-state index in [1.165, 1.54) is 60.7 Å². The van der Waals surface area contributed by atoms with Gasteiger partial charge in [-0.2, -0.15) is 25.3 Å². The number of nitrogens with zero attached hydrogens (tertiary/aromatic N) is 2. The Morgan fingerprint density at radius 3 is 0.909 bits per heavy atom. The van der Waals surface area contributed by atoms with E-state index in [1.54, 1.807) is 60.7 Å². The summed E-state index contributed by atoms with van der Waals surface area (Å²) in [6, 6.07) is 44.9. The zero-order chi connectivity index (χ0) is 55.6. The first-order valence-corrected chi connectivity index (χ1v) is 34.9. The van der Waals surface area contributed by atoms with Gasteiger partial charge in [-0.05, 0) is 72.8 Å². The minimum atomic E-state index is -4.58. The number of hydrogen-bond acceptors (Lipinski definition) is 10. The van der Waals surface area contributed by atoms with Gasteiger partial charge in [-0.1, -0.05) is 0 Å². The van der Waals surface area contributed by atoms with Gasteiger partial charge in [0.15, 0.2) is 0 Å². The van der Waals surface area contributed by atoms with Crippen LogP contribution in [0.3, 0.4) is 0 Å². The van der Waals surface area contributed by atoms with Crippen molar-refractivity contribution >= 4 is 96.9 Å². The average Bonchev–Trinajstić information content (AvgIpc) is 3.40. The summed E-state index contributed by atoms with van der Waals surface area (Å²) in [5, 5.41) is 4.47. The van der Waals surface area contributed by atoms with Crippen LogP contribution in [0.2, 0.25) is 0 Å². The standard InChI is InChI=1S/C53H50N2O15P2S5/c1-40-4-6-43(7-5-40)71(44-8-18-49(19-9-44)73(56,57)58,45-10-20-50(21-11-45)74(59,60)61)38-2-32-54-34-28-41(29-35-54)42-30-36-55(37-31-42)33-3-39-72(46-12-22-51(23-13-46)75(62,63)64,47-14-24-52(25-15-47)76(65,66)67)48-16-26-53(27-17-48)77(68,69)70/h4-31,34-37,71H,2-3,32-33,38-39H2,1H3,(H2-3,56,57,58,59,60,61,62,63,64,65,66,67,68,69,70)/p+3. The first kappa shape index (κ1) is 57.2. The molecule has 0 aliphatic heterocycles. The van der Waals surface area contributed by atoms with Gasteiger partial charge in [0.1, 0.15) is 23.2 Å². The van der Waals surface area contributed by atoms with E-state index in [4.69, 9.17) is 0 Å². The molecule has 0 radical (unpaired) electrons. The molecule has 402 valence electrons. The molecule has 24 heteroatoms. The molecular formula is C53H53N2O15P2S5+3. The van der Waals surface area contributed by atoms with Crippen molar-refractivity contribution in [1.29, 1.82) is 0 Å². The fraction of sp³-hybridized carbons (Fsp3) is 0.132. The molecule has 0 unspecified atom stereocenters. The quantitative estimate of drug-likeness (QED) is 0.0383. The molecule has 8 rings (SSSR count). The van der Waals surface area contributed by atoms with Crippen molar-refractivity contribution in [2.24, 2.45) is 0 Å². The first-order chi connectivity index (χ1) is 36.2. The molecule has 0 aliphatic carbocycles. The molecule has 2 aromatic heterocycles. The molecule has 0 saturated heterocycles. The summed E-state index contributed by atoms with van der Waals surface area (Å²) in [7, 11) is -28.8. The van der Waals surface area contributed by atoms with Gasteiger partial charge in [-0.15, -0.1) is 0 Å². The summed E-state index contributed by atoms with van der Waals surface area (Å²) < 4.78 is 174. The van der Waals surface area contributed by atoms with Gasteiger partial charge in [0.05, 0.1) is 20.8 Å². The van der Waals surface area contributed by atoms with Crippen molar-refractivity contribution in [2.45, 2.75) is 57.3 Å². The second kappa shape index (κ2) is 22.4. The molecule has 0 bridgehead atoms. The molecular weight excluding hydrogens is 1130 g/mol. The third-order valence-electron chi connectivity index (χ3n) is 13.6. The van der Waals surface area contributed by atoms with E-state index in [2.05, 4.69) is 0 Å². The summed E-state index contributed by atoms with van der Waals surface area (Å²) in [6.07, 6.45) is 9.87. The number of hydrogen-bond donors (Lipinski definition) is 5. The zero-order valence-electron chi connectivity index (χ0n) is 40.9. The third-order valence-corrected chi connectivity index (χ3v) is 27.5. The van der Waals surface area contributed by atoms with Gasteiger partial charge in [-0.25, -0.2) is 0 Å². The van der Waals surface area contributed by atoms with Crippen molar-refractivity contribution in [3.05, 3.63) is 200 Å². The van der Waals surface area contributed by atoms with Gasteiger partial charge in [0, 0.05) is 6.42 Å². The van der Waals surface area contributed by atoms with Crippen LogP contribution in [0.15, 0.2) is 219 Å². The molecule has 0 atom stereocenters. The van der Waals surface area contributed by atoms with E-state index >= 15 is 0 Å². The summed E-state index contributed by atoms with van der Waals surface area (Å²) in [5.41, 5.74) is 2.86. The number of pyridine rings is 2. The molecule has 6 aromatic carbocycles. The molecule has 5 N–H and O–H groups in total. The summed E-state index contributed by atoms with van der Waals surface area (Å²) in [6.45, 7) is 3.00. The fourth-order valence-corrected chi connectivity index (χ4v) is 21.1. The second-order valence-corrected chi connectivity index (χ2v) is 33.1. The topological polar surface area (TPSA) is 280 Å². The molecule has 2 heterocycles. The first-order valence-electron chi connectivity index (χ1n) is 23.5. The summed E-state index contributed by atoms with van der Waals surface area (Å²) >= 11 is 0. The van der Waals surface area contributed by atoms with Crippen LogP contribution in [0.25, 0.3) is 11.1 Å². The number of aryl methyl sites for hydroxylation is 3. The van der Waals surface area contributed by atoms with Gasteiger partial charge in [0.25, 0.3) is 30.4 Å². The molecule has 0 spiro atoms. The van der Waals surface area contributed by atoms with Gasteiger partial charge in [-0.3, -0.25) is 13.7 Å². The molecule has 0 amide bonds. The van der Waals surface area contributed by atoms with E-state index < -0.39 is 65.1 Å². The van der Waals surface area contributed by atoms with E-state index in [9.17, 15) is 64.9 Å². The Kier molecular flexibility index (Phi) is 16.7. The molecule has 17 nitrogen and oxygen atoms in total. The number of rotatable bonds is 20. The normalized spacial score (nSPS) is 13.1. The van der Waals surface area contributed by atoms with Crippen molar-refractivity contribution in [3.63, 3.8) is 0 Å². The van der Waals surface area contributed by atoms with E-state index in [0.29, 0.717) is 54.2 Å². The molecule has 0 aliphatic rings. The molecule has 0 fully saturated rings. The summed E-state index contributed by atoms with van der Waals surface area (Å²) in [4.78, 5) is -1.60. The minimum absolute atomic E-state index is 0.263. The van der Waals surface area contributed by atoms with E-state index in [-0.39, 0.29) is 24.5 Å². The maximum absolute atomic E-state index is 12.1. The Bertz CT molecular complexity index is 3750. The Balaban J connectivity index is 1.04. The monoisotopic (exact) mass is 1180 g/mol. The van der Waals surface area contributed by atoms with Crippen molar-refractivity contribution in [3.8, 4) is 11.1 Å². The van der Waals surface area contributed by atoms with Crippen molar-refractivity contribution in [2.75, 3.05) is 12.3 Å². The fourth-order valence-electron chi connectivity index (χ4n) is 9.66. The maximum atomic E-state index is 12.1. The molecule has 77 heavy (non-hydrogen) atoms. The SMILES string of the molecule is Cc1ccc([PH](CCC[n+]2ccc(-c3cc[n+](CCC[P+](c4ccc(S(=O)(=O)O)cc4)(c4ccc(S(=O)(=O)O)cc4)c4ccc(S(=O)(=O)O)cc4)cc3)cc2)(c2ccc(S(=O)(=O)O)cc2)c2ccc(S(=O)(=O)O)cc2)cc1. The second-order valence-electron chi connectivity index (χ2n) is 18.3. The van der Waals surface area contributed by atoms with Crippen LogP contribution in [0.5, 0.6) is 0 Å². The van der Waals surface area contributed by atoms with Crippen LogP contribution in [0.4, 0.5) is 0 Å². The Morgan fingerprint density at radius 1 is 0.364 bits per heavy atom. The number of benzene rings is 6. The van der Waals surface area contributed by atoms with Crippen LogP contribution < -0.4 is 41.0 Å². The van der Waals surface area contributed by atoms with Crippen LogP contribution in [-0.4, -0.2) is 77.2 Å². The van der Waals surface area contributed by atoms with Crippen LogP contribution in [-0.2, 0) is 63.7 Å². The van der Waals surface area contributed by atoms with E-state index in [1.807, 2.05) is 89.4 Å². The molecule has 0 saturated carbocycles. The predicted molar refractivity (Wildman–Crippen MR) is 297 cm³/mol. The molecule has 8 aromatic rings. The summed E-state index contributed by atoms with van der Waals surface area (Å²) in [5.74, 6) is 0. The third kappa shape index (κ3) is 13.0. The van der Waals surface area contributed by atoms with E-state index in [0.717, 1.165) is 32.6 Å². The Hall–Kier alpha value is -5.97. The Morgan fingerprint density at radius 2 is 0.623 bits per heavy atom. The Labute approximate surface area is 449 Å². The van der Waals surface area contributed by atoms with Crippen LogP contribution in [0, 0.1) is 6.92 Å². The van der Waals surface area contributed by atoms with Crippen molar-refractivity contribution < 1.29 is 74.0 Å². The van der Waals surface area contributed by atoms with Crippen LogP contribution >= 0.6 is 14.5 Å². The average molecular weight is 1180 g/mol. The van der Waals surface area contributed by atoms with Gasteiger partial charge in [0.2, 0.25) is 0 Å². The number of aromatic nitrogens is 2. The van der Waals surface area contributed by atoms with Gasteiger partial charge < -0.3 is 0 Å².